The maximum atomic E-state index is 12.2. The van der Waals surface area contributed by atoms with Crippen molar-refractivity contribution in [1.82, 2.24) is 15.3 Å². The van der Waals surface area contributed by atoms with Crippen molar-refractivity contribution in [2.24, 2.45) is 5.92 Å². The van der Waals surface area contributed by atoms with Crippen LogP contribution in [-0.4, -0.2) is 47.3 Å². The number of nitroso groups, excluding NO2 is 1. The minimum atomic E-state index is -0.311. The van der Waals surface area contributed by atoms with Crippen LogP contribution in [0.1, 0.15) is 44.2 Å². The summed E-state index contributed by atoms with van der Waals surface area (Å²) >= 11 is 12.1. The third-order valence-corrected chi connectivity index (χ3v) is 6.69. The van der Waals surface area contributed by atoms with Gasteiger partial charge in [0.05, 0.1) is 24.7 Å². The fraction of sp³-hybridized carbons (Fsp3) is 0.464. The minimum absolute atomic E-state index is 0. The van der Waals surface area contributed by atoms with Crippen LogP contribution in [-0.2, 0) is 32.3 Å². The molecule has 2 aromatic rings. The number of piperidine rings is 2. The van der Waals surface area contributed by atoms with E-state index in [1.807, 2.05) is 36.4 Å². The number of fused-ring (bicyclic) bond motifs is 2. The number of carbonyl (C=O) groups is 1. The van der Waals surface area contributed by atoms with Crippen LogP contribution in [0.25, 0.3) is 4.85 Å². The molecule has 0 aromatic heterocycles. The number of nitrogens with zero attached hydrogens (tertiary/aromatic N) is 4. The van der Waals surface area contributed by atoms with Gasteiger partial charge in [0.25, 0.3) is 0 Å². The van der Waals surface area contributed by atoms with Gasteiger partial charge in [-0.3, -0.25) is 14.6 Å². The Bertz CT molecular complexity index is 1120. The zero-order valence-corrected chi connectivity index (χ0v) is 36.6. The monoisotopic (exact) mass is 1240 g/mol. The third kappa shape index (κ3) is 18.0. The number of benzene rings is 2. The molecule has 3 heterocycles. The van der Waals surface area contributed by atoms with E-state index in [1.54, 1.807) is 4.90 Å². The van der Waals surface area contributed by atoms with E-state index in [2.05, 4.69) is 146 Å². The number of carbonyl (C=O) groups excluding carboxylic acids is 1. The molecule has 241 valence electrons. The topological polar surface area (TPSA) is 114 Å². The van der Waals surface area contributed by atoms with Crippen molar-refractivity contribution in [1.29, 1.82) is 10.9 Å². The molecule has 2 bridgehead atoms. The molecule has 16 heteroatoms. The summed E-state index contributed by atoms with van der Waals surface area (Å²) in [6.07, 6.45) is 4.56. The number of nitriles is 1. The third-order valence-electron chi connectivity index (χ3n) is 6.69. The molecule has 4 atom stereocenters. The number of nitrogens with one attached hydrogen (secondary N) is 2. The summed E-state index contributed by atoms with van der Waals surface area (Å²) in [5, 5.41) is 13.5. The van der Waals surface area contributed by atoms with Crippen LogP contribution in [0.3, 0.4) is 0 Å². The number of hydrogen-bond donors (Lipinski definition) is 2. The van der Waals surface area contributed by atoms with Gasteiger partial charge in [-0.25, -0.2) is 11.4 Å². The van der Waals surface area contributed by atoms with Gasteiger partial charge in [0.2, 0.25) is 0 Å². The van der Waals surface area contributed by atoms with Crippen molar-refractivity contribution >= 4 is 106 Å². The van der Waals surface area contributed by atoms with Crippen LogP contribution in [0.15, 0.2) is 60.7 Å². The molecule has 2 N–H and O–H groups in total. The van der Waals surface area contributed by atoms with Crippen LogP contribution in [0.2, 0.25) is 0 Å². The molecule has 2 amide bonds. The van der Waals surface area contributed by atoms with Crippen LogP contribution in [0, 0.1) is 34.3 Å². The Morgan fingerprint density at radius 2 is 1.57 bits per heavy atom. The number of halogens is 5. The molecule has 3 aliphatic rings. The van der Waals surface area contributed by atoms with Crippen molar-refractivity contribution < 1.29 is 24.0 Å². The zero-order chi connectivity index (χ0) is 32.0. The summed E-state index contributed by atoms with van der Waals surface area (Å²) in [6.45, 7) is 9.09. The Morgan fingerprint density at radius 1 is 1.02 bits per heavy atom. The first-order chi connectivity index (χ1) is 20.8. The molecule has 0 unspecified atom stereocenters. The summed E-state index contributed by atoms with van der Waals surface area (Å²) in [7, 11) is 0.628. The average Bonchev–Trinajstić information content (AvgIpc) is 3.27. The molecule has 3 fully saturated rings. The Morgan fingerprint density at radius 3 is 2.05 bits per heavy atom. The van der Waals surface area contributed by atoms with E-state index in [-0.39, 0.29) is 36.6 Å². The van der Waals surface area contributed by atoms with Gasteiger partial charge in [0.1, 0.15) is 6.61 Å². The van der Waals surface area contributed by atoms with Crippen LogP contribution < -0.4 is 5.32 Å². The zero-order valence-electron chi connectivity index (χ0n) is 23.0. The standard InChI is InChI=1S/C14H15N3O2.C13H16N2.CH4.5HI.HNO.2V/c1-15-13-8-7-12-9-16(13)14(18)17(12)19-10-11-5-3-2-4-6-11;14-9-13-7-6-12(10-15-13)8-11-4-2-1-3-5-11;;;;;;;1-2;;/h2-6,12-13H,7-10H2;1-5,12-13,15H,6-8,10H2;1H4;5*1H;1H;;/q;;;;;;;;;+2;+3/p-5/t12-,13+;12-,13-;;;;;;;;;/m10........./s1. The molecule has 9 nitrogen and oxygen atoms in total. The average molecular weight is 1240 g/mol. The molecule has 0 radical (unpaired) electrons. The molecule has 0 aliphatic carbocycles. The van der Waals surface area contributed by atoms with Crippen molar-refractivity contribution in [3.63, 3.8) is 0 Å². The van der Waals surface area contributed by atoms with Crippen molar-refractivity contribution in [3.8, 4) is 6.07 Å². The van der Waals surface area contributed by atoms with E-state index in [0.717, 1.165) is 37.8 Å². The van der Waals surface area contributed by atoms with E-state index >= 15 is 0 Å². The first-order valence-electron chi connectivity index (χ1n) is 13.0. The second-order valence-electron chi connectivity index (χ2n) is 9.34. The molecule has 44 heavy (non-hydrogen) atoms. The van der Waals surface area contributed by atoms with Crippen molar-refractivity contribution in [2.75, 3.05) is 13.1 Å². The summed E-state index contributed by atoms with van der Waals surface area (Å²) in [6, 6.07) is 22.6. The molecule has 5 rings (SSSR count). The van der Waals surface area contributed by atoms with Gasteiger partial charge in [-0.1, -0.05) is 73.7 Å². The summed E-state index contributed by atoms with van der Waals surface area (Å²) in [5.74, 6) is 0.692. The first-order valence-corrected chi connectivity index (χ1v) is 35.6. The molecular formula is C28H36I5N6O3V2. The second kappa shape index (κ2) is 27.9. The second-order valence-corrected chi connectivity index (χ2v) is 56.5. The quantitative estimate of drug-likeness (QED) is 0.176. The number of hydroxylamine groups is 2. The molecule has 3 saturated heterocycles. The van der Waals surface area contributed by atoms with Crippen LogP contribution >= 0.6 is 99.9 Å². The van der Waals surface area contributed by atoms with Gasteiger partial charge in [0, 0.05) is 6.42 Å². The van der Waals surface area contributed by atoms with Crippen molar-refractivity contribution in [3.05, 3.63) is 88.1 Å². The van der Waals surface area contributed by atoms with Gasteiger partial charge in [0.15, 0.2) is 0 Å². The van der Waals surface area contributed by atoms with Crippen LogP contribution in [0.4, 0.5) is 4.79 Å². The Kier molecular flexibility index (Phi) is 28.6. The van der Waals surface area contributed by atoms with E-state index in [9.17, 15) is 4.79 Å². The Hall–Kier alpha value is 1.03. The molecule has 0 spiro atoms. The van der Waals surface area contributed by atoms with Crippen molar-refractivity contribution in [2.45, 2.75) is 64.4 Å². The summed E-state index contributed by atoms with van der Waals surface area (Å²) in [5.41, 5.74) is 6.94. The number of rotatable bonds is 5. The molecule has 0 saturated carbocycles. The van der Waals surface area contributed by atoms with Crippen LogP contribution in [0.5, 0.6) is 0 Å². The first kappa shape index (κ1) is 45.0. The Labute approximate surface area is 328 Å². The number of hydrogen-bond acceptors (Lipinski definition) is 6. The predicted octanol–water partition coefficient (Wildman–Crippen LogP) is 9.78. The summed E-state index contributed by atoms with van der Waals surface area (Å²) in [4.78, 5) is 30.2. The number of urea groups is 1. The van der Waals surface area contributed by atoms with E-state index in [4.69, 9.17) is 21.6 Å². The van der Waals surface area contributed by atoms with E-state index in [0.29, 0.717) is 28.5 Å². The van der Waals surface area contributed by atoms with Gasteiger partial charge in [-0.15, -0.1) is 0 Å². The molecular weight excluding hydrogens is 1200 g/mol. The predicted molar refractivity (Wildman–Crippen MR) is 212 cm³/mol. The fourth-order valence-corrected chi connectivity index (χ4v) is 4.78. The van der Waals surface area contributed by atoms with Gasteiger partial charge >= 0.3 is 126 Å². The number of amides is 2. The van der Waals surface area contributed by atoms with E-state index < -0.39 is 0 Å². The Balaban J connectivity index is 0.000000662. The summed E-state index contributed by atoms with van der Waals surface area (Å²) < 4.78 is 0. The van der Waals surface area contributed by atoms with Gasteiger partial charge < -0.3 is 5.32 Å². The molecule has 3 aliphatic heterocycles. The maximum absolute atomic E-state index is 12.2. The van der Waals surface area contributed by atoms with Gasteiger partial charge in [-0.05, 0) is 49.3 Å². The fourth-order valence-electron chi connectivity index (χ4n) is 4.78. The molecule has 2 aromatic carbocycles. The van der Waals surface area contributed by atoms with Gasteiger partial charge in [-0.2, -0.15) is 15.2 Å². The normalized spacial score (nSPS) is 21.0. The SMILES string of the molecule is C.N#C[C@@H]1CC[C@@H](Cc2ccccc2)CN1.N=O.[C-]#[N+][C@@H]1CC[C@@H]2CN1C(=O)N2OCc1ccccc1.[I][V]([I])[I].[I][V][I]. The van der Waals surface area contributed by atoms with E-state index in [1.165, 1.54) is 17.0 Å².